The maximum Gasteiger partial charge on any atom is 0.181 e. The van der Waals surface area contributed by atoms with Crippen molar-refractivity contribution in [1.82, 2.24) is 33.6 Å². The molecule has 5 heterocycles. The Hall–Kier alpha value is -7.90. The van der Waals surface area contributed by atoms with Crippen molar-refractivity contribution in [2.75, 3.05) is 0 Å². The van der Waals surface area contributed by atoms with Gasteiger partial charge in [0.15, 0.2) is 17.5 Å². The van der Waals surface area contributed by atoms with Crippen LogP contribution in [0.15, 0.2) is 188 Å². The van der Waals surface area contributed by atoms with E-state index in [1.54, 1.807) is 0 Å². The molecular formula is C53H37N7. The summed E-state index contributed by atoms with van der Waals surface area (Å²) in [6, 6.07) is 65.6. The van der Waals surface area contributed by atoms with Crippen molar-refractivity contribution in [3.63, 3.8) is 0 Å². The Labute approximate surface area is 346 Å². The van der Waals surface area contributed by atoms with Crippen molar-refractivity contribution in [1.29, 1.82) is 0 Å². The molecule has 0 radical (unpaired) electrons. The van der Waals surface area contributed by atoms with Crippen molar-refractivity contribution >= 4 is 32.8 Å². The van der Waals surface area contributed by atoms with Gasteiger partial charge in [0, 0.05) is 44.3 Å². The normalized spacial score (nSPS) is 13.0. The van der Waals surface area contributed by atoms with Crippen molar-refractivity contribution in [3.8, 4) is 62.7 Å². The highest BCUT2D eigenvalue weighted by atomic mass is 15.1. The molecule has 1 aliphatic rings. The van der Waals surface area contributed by atoms with E-state index in [2.05, 4.69) is 167 Å². The molecule has 0 atom stereocenters. The number of hydrogen-bond donors (Lipinski definition) is 0. The van der Waals surface area contributed by atoms with E-state index in [0.29, 0.717) is 17.5 Å². The molecule has 0 saturated heterocycles. The van der Waals surface area contributed by atoms with Gasteiger partial charge in [-0.15, -0.1) is 0 Å². The summed E-state index contributed by atoms with van der Waals surface area (Å²) < 4.78 is 7.12. The second kappa shape index (κ2) is 13.1. The molecule has 0 unspecified atom stereocenters. The van der Waals surface area contributed by atoms with E-state index in [-0.39, 0.29) is 5.41 Å². The number of aromatic nitrogens is 7. The van der Waals surface area contributed by atoms with Crippen LogP contribution in [0.4, 0.5) is 0 Å². The van der Waals surface area contributed by atoms with Gasteiger partial charge in [-0.3, -0.25) is 4.57 Å². The Morgan fingerprint density at radius 3 is 1.67 bits per heavy atom. The van der Waals surface area contributed by atoms with Crippen LogP contribution in [0.3, 0.4) is 0 Å². The summed E-state index contributed by atoms with van der Waals surface area (Å²) in [4.78, 5) is 20.9. The van der Waals surface area contributed by atoms with Gasteiger partial charge >= 0.3 is 0 Å². The van der Waals surface area contributed by atoms with Crippen molar-refractivity contribution in [2.45, 2.75) is 19.3 Å². The van der Waals surface area contributed by atoms with Gasteiger partial charge in [0.2, 0.25) is 0 Å². The SMILES string of the molecule is CC1(C)c2ccccc2-n2c(-c3nc(-c4ccccc4)nc(-c4ccccc4)n3)c3c4ccccc4n(-c4ccc(-c5nc6ccccc6n5-c5ccccc5)cc4)c3c21. The molecule has 7 heteroatoms. The molecule has 4 aromatic heterocycles. The quantitative estimate of drug-likeness (QED) is 0.169. The Kier molecular flexibility index (Phi) is 7.44. The Balaban J connectivity index is 1.14. The Morgan fingerprint density at radius 2 is 0.967 bits per heavy atom. The van der Waals surface area contributed by atoms with Crippen LogP contribution in [-0.2, 0) is 5.41 Å². The monoisotopic (exact) mass is 771 g/mol. The topological polar surface area (TPSA) is 66.3 Å². The van der Waals surface area contributed by atoms with Crippen molar-refractivity contribution in [2.24, 2.45) is 0 Å². The third kappa shape index (κ3) is 5.02. The van der Waals surface area contributed by atoms with E-state index in [9.17, 15) is 0 Å². The minimum atomic E-state index is -0.350. The van der Waals surface area contributed by atoms with Gasteiger partial charge in [0.25, 0.3) is 0 Å². The van der Waals surface area contributed by atoms with Crippen molar-refractivity contribution in [3.05, 3.63) is 199 Å². The zero-order valence-electron chi connectivity index (χ0n) is 33.0. The third-order valence-electron chi connectivity index (χ3n) is 12.1. The lowest BCUT2D eigenvalue weighted by molar-refractivity contribution is 0.646. The number of benzene rings is 7. The standard InChI is InChI=1S/C53H37N7/c1-53(2)40-25-13-16-28-43(40)60-47(51-56-49(34-18-6-3-7-19-34)55-50(57-51)35-20-8-4-9-21-35)45-39-24-12-15-27-42(39)58(46(45)48(53)60)38-32-30-36(31-33-38)52-54-41-26-14-17-29-44(41)59(52)37-22-10-5-11-23-37/h3-33H,1-2H3. The summed E-state index contributed by atoms with van der Waals surface area (Å²) in [6.45, 7) is 4.68. The molecular weight excluding hydrogens is 735 g/mol. The number of nitrogens with zero attached hydrogens (tertiary/aromatic N) is 7. The van der Waals surface area contributed by atoms with Gasteiger partial charge in [0.1, 0.15) is 11.5 Å². The molecule has 0 spiro atoms. The zero-order valence-corrected chi connectivity index (χ0v) is 33.0. The van der Waals surface area contributed by atoms with E-state index < -0.39 is 0 Å². The van der Waals surface area contributed by atoms with Crippen LogP contribution < -0.4 is 0 Å². The molecule has 60 heavy (non-hydrogen) atoms. The van der Waals surface area contributed by atoms with Crippen LogP contribution in [-0.4, -0.2) is 33.6 Å². The fourth-order valence-electron chi connectivity index (χ4n) is 9.39. The predicted octanol–water partition coefficient (Wildman–Crippen LogP) is 12.4. The lowest BCUT2D eigenvalue weighted by Gasteiger charge is -2.21. The number of hydrogen-bond acceptors (Lipinski definition) is 4. The van der Waals surface area contributed by atoms with Crippen LogP contribution in [0.5, 0.6) is 0 Å². The molecule has 284 valence electrons. The fraction of sp³-hybridized carbons (Fsp3) is 0.0566. The minimum Gasteiger partial charge on any atom is -0.307 e. The number of rotatable bonds is 6. The molecule has 7 nitrogen and oxygen atoms in total. The number of fused-ring (bicyclic) bond motifs is 8. The van der Waals surface area contributed by atoms with E-state index >= 15 is 0 Å². The summed E-state index contributed by atoms with van der Waals surface area (Å²) in [5.41, 5.74) is 13.5. The molecule has 1 aliphatic heterocycles. The first kappa shape index (κ1) is 34.2. The molecule has 0 bridgehead atoms. The highest BCUT2D eigenvalue weighted by Crippen LogP contribution is 2.53. The van der Waals surface area contributed by atoms with Gasteiger partial charge < -0.3 is 9.13 Å². The molecule has 12 rings (SSSR count). The summed E-state index contributed by atoms with van der Waals surface area (Å²) >= 11 is 0. The highest BCUT2D eigenvalue weighted by molar-refractivity contribution is 6.17. The van der Waals surface area contributed by atoms with Gasteiger partial charge in [-0.05, 0) is 66.2 Å². The van der Waals surface area contributed by atoms with Crippen LogP contribution in [0, 0.1) is 0 Å². The molecule has 0 fully saturated rings. The lowest BCUT2D eigenvalue weighted by Crippen LogP contribution is -2.16. The first-order valence-corrected chi connectivity index (χ1v) is 20.3. The Bertz CT molecular complexity index is 3370. The van der Waals surface area contributed by atoms with E-state index in [4.69, 9.17) is 19.9 Å². The molecule has 7 aromatic carbocycles. The first-order chi connectivity index (χ1) is 29.5. The predicted molar refractivity (Wildman–Crippen MR) is 242 cm³/mol. The van der Waals surface area contributed by atoms with Crippen molar-refractivity contribution < 1.29 is 0 Å². The number of para-hydroxylation sites is 5. The average Bonchev–Trinajstić information content (AvgIpc) is 4.03. The fourth-order valence-corrected chi connectivity index (χ4v) is 9.39. The van der Waals surface area contributed by atoms with E-state index in [0.717, 1.165) is 78.1 Å². The first-order valence-electron chi connectivity index (χ1n) is 20.3. The second-order valence-corrected chi connectivity index (χ2v) is 15.9. The molecule has 0 aliphatic carbocycles. The molecule has 0 N–H and O–H groups in total. The average molecular weight is 772 g/mol. The smallest absolute Gasteiger partial charge is 0.181 e. The zero-order chi connectivity index (χ0) is 40.0. The van der Waals surface area contributed by atoms with Gasteiger partial charge in [-0.25, -0.2) is 19.9 Å². The summed E-state index contributed by atoms with van der Waals surface area (Å²) in [6.07, 6.45) is 0. The van der Waals surface area contributed by atoms with Crippen LogP contribution in [0.1, 0.15) is 25.1 Å². The van der Waals surface area contributed by atoms with Gasteiger partial charge in [-0.1, -0.05) is 141 Å². The summed E-state index contributed by atoms with van der Waals surface area (Å²) in [5.74, 6) is 2.80. The summed E-state index contributed by atoms with van der Waals surface area (Å²) in [5, 5.41) is 2.25. The van der Waals surface area contributed by atoms with Crippen LogP contribution >= 0.6 is 0 Å². The highest BCUT2D eigenvalue weighted by Gasteiger charge is 2.43. The van der Waals surface area contributed by atoms with Crippen LogP contribution in [0.25, 0.3) is 95.6 Å². The summed E-state index contributed by atoms with van der Waals surface area (Å²) in [7, 11) is 0. The largest absolute Gasteiger partial charge is 0.307 e. The van der Waals surface area contributed by atoms with Gasteiger partial charge in [-0.2, -0.15) is 0 Å². The molecule has 11 aromatic rings. The maximum absolute atomic E-state index is 5.34. The van der Waals surface area contributed by atoms with E-state index in [1.165, 1.54) is 11.3 Å². The van der Waals surface area contributed by atoms with Gasteiger partial charge in [0.05, 0.1) is 33.4 Å². The second-order valence-electron chi connectivity index (χ2n) is 15.9. The lowest BCUT2D eigenvalue weighted by atomic mass is 9.83. The van der Waals surface area contributed by atoms with Crippen LogP contribution in [0.2, 0.25) is 0 Å². The third-order valence-corrected chi connectivity index (χ3v) is 12.1. The van der Waals surface area contributed by atoms with E-state index in [1.807, 2.05) is 48.5 Å². The molecule has 0 amide bonds. The Morgan fingerprint density at radius 1 is 0.417 bits per heavy atom. The number of imidazole rings is 1. The minimum absolute atomic E-state index is 0.350. The maximum atomic E-state index is 5.34. The molecule has 0 saturated carbocycles.